The maximum absolute atomic E-state index is 14.6. The number of aromatic nitrogens is 2. The first-order valence-electron chi connectivity index (χ1n) is 13.2. The van der Waals surface area contributed by atoms with Crippen molar-refractivity contribution >= 4 is 11.9 Å². The van der Waals surface area contributed by atoms with E-state index in [1.165, 1.54) is 11.2 Å². The van der Waals surface area contributed by atoms with E-state index in [1.54, 1.807) is 6.20 Å². The summed E-state index contributed by atoms with van der Waals surface area (Å²) in [5, 5.41) is 10.7. The Bertz CT molecular complexity index is 1220. The van der Waals surface area contributed by atoms with E-state index in [-0.39, 0.29) is 12.8 Å². The number of unbranched alkanes of at least 4 members (excludes halogenated alkanes) is 1. The number of amides is 1. The number of aliphatic carboxylic acids is 1. The Hall–Kier alpha value is -4.27. The van der Waals surface area contributed by atoms with Crippen LogP contribution in [0.2, 0.25) is 0 Å². The van der Waals surface area contributed by atoms with E-state index in [0.717, 1.165) is 16.7 Å². The number of imidazole rings is 1. The quantitative estimate of drug-likeness (QED) is 0.155. The highest BCUT2D eigenvalue weighted by Crippen LogP contribution is 2.44. The van der Waals surface area contributed by atoms with Gasteiger partial charge in [-0.2, -0.15) is 0 Å². The van der Waals surface area contributed by atoms with E-state index < -0.39 is 29.5 Å². The van der Waals surface area contributed by atoms with E-state index in [9.17, 15) is 14.7 Å². The molecule has 2 atom stereocenters. The van der Waals surface area contributed by atoms with Gasteiger partial charge in [-0.3, -0.25) is 4.79 Å². The van der Waals surface area contributed by atoms with Gasteiger partial charge in [-0.05, 0) is 42.5 Å². The molecule has 8 heteroatoms. The summed E-state index contributed by atoms with van der Waals surface area (Å²) in [6, 6.07) is 26.5. The first-order valence-corrected chi connectivity index (χ1v) is 13.2. The van der Waals surface area contributed by atoms with Crippen LogP contribution in [0.3, 0.4) is 0 Å². The number of H-pyrrole nitrogens is 1. The van der Waals surface area contributed by atoms with E-state index in [0.29, 0.717) is 25.1 Å². The Kier molecular flexibility index (Phi) is 9.25. The topological polar surface area (TPSA) is 138 Å². The molecule has 8 nitrogen and oxygen atoms in total. The fourth-order valence-corrected chi connectivity index (χ4v) is 5.25. The van der Waals surface area contributed by atoms with Crippen LogP contribution < -0.4 is 11.5 Å². The van der Waals surface area contributed by atoms with E-state index in [2.05, 4.69) is 9.97 Å². The summed E-state index contributed by atoms with van der Waals surface area (Å²) in [6.07, 6.45) is 4.73. The van der Waals surface area contributed by atoms with Crippen LogP contribution >= 0.6 is 0 Å². The van der Waals surface area contributed by atoms with Crippen molar-refractivity contribution < 1.29 is 14.7 Å². The van der Waals surface area contributed by atoms with Crippen LogP contribution in [0.15, 0.2) is 104 Å². The van der Waals surface area contributed by atoms with Gasteiger partial charge in [0, 0.05) is 18.3 Å². The lowest BCUT2D eigenvalue weighted by atomic mass is 9.74. The zero-order valence-corrected chi connectivity index (χ0v) is 21.8. The van der Waals surface area contributed by atoms with Gasteiger partial charge in [0.1, 0.15) is 11.6 Å². The minimum Gasteiger partial charge on any atom is -0.480 e. The summed E-state index contributed by atoms with van der Waals surface area (Å²) in [4.78, 5) is 36.2. The lowest BCUT2D eigenvalue weighted by molar-refractivity contribution is -0.155. The fourth-order valence-electron chi connectivity index (χ4n) is 5.25. The standard InChI is InChI=1S/C31H35N5O3/c32-19-11-10-18-28(30(38)39)36(29(37)27(33)20-26-21-34-22-35-26)31(23-12-4-1-5-13-23,24-14-6-2-7-15-24)25-16-8-3-9-17-25/h1-9,12-17,21-22,27-28H,10-11,18-20,32-33H2,(H,34,35)(H,38,39)/t27-,28-/m0/s1. The number of carbonyl (C=O) groups is 2. The first-order chi connectivity index (χ1) is 19.0. The van der Waals surface area contributed by atoms with Crippen LogP contribution in [0, 0.1) is 0 Å². The molecule has 0 aliphatic rings. The van der Waals surface area contributed by atoms with Crippen molar-refractivity contribution in [1.29, 1.82) is 0 Å². The minimum absolute atomic E-state index is 0.179. The third-order valence-corrected chi connectivity index (χ3v) is 7.01. The molecule has 202 valence electrons. The number of hydrogen-bond donors (Lipinski definition) is 4. The number of carbonyl (C=O) groups excluding carboxylic acids is 1. The molecule has 1 amide bonds. The highest BCUT2D eigenvalue weighted by Gasteiger charge is 2.50. The average molecular weight is 526 g/mol. The summed E-state index contributed by atoms with van der Waals surface area (Å²) in [5.41, 5.74) is 14.0. The van der Waals surface area contributed by atoms with Crippen LogP contribution in [0.4, 0.5) is 0 Å². The third kappa shape index (κ3) is 5.92. The van der Waals surface area contributed by atoms with Crippen molar-refractivity contribution in [2.24, 2.45) is 11.5 Å². The van der Waals surface area contributed by atoms with E-state index in [4.69, 9.17) is 11.5 Å². The average Bonchev–Trinajstić information content (AvgIpc) is 3.48. The van der Waals surface area contributed by atoms with Crippen molar-refractivity contribution in [2.45, 2.75) is 43.3 Å². The molecule has 4 aromatic rings. The number of hydrogen-bond acceptors (Lipinski definition) is 5. The number of nitrogens with zero attached hydrogens (tertiary/aromatic N) is 2. The van der Waals surface area contributed by atoms with Crippen molar-refractivity contribution in [1.82, 2.24) is 14.9 Å². The second-order valence-electron chi connectivity index (χ2n) is 9.54. The first kappa shape index (κ1) is 27.8. The molecule has 0 radical (unpaired) electrons. The van der Waals surface area contributed by atoms with Crippen LogP contribution in [0.25, 0.3) is 0 Å². The summed E-state index contributed by atoms with van der Waals surface area (Å²) < 4.78 is 0. The maximum Gasteiger partial charge on any atom is 0.326 e. The lowest BCUT2D eigenvalue weighted by Crippen LogP contribution is -2.62. The minimum atomic E-state index is -1.28. The second-order valence-corrected chi connectivity index (χ2v) is 9.54. The Morgan fingerprint density at radius 3 is 1.79 bits per heavy atom. The molecule has 0 aliphatic heterocycles. The number of benzene rings is 3. The summed E-state index contributed by atoms with van der Waals surface area (Å²) in [5.74, 6) is -1.57. The predicted molar refractivity (Wildman–Crippen MR) is 151 cm³/mol. The molecule has 0 fully saturated rings. The van der Waals surface area contributed by atoms with Crippen LogP contribution in [-0.4, -0.2) is 50.5 Å². The van der Waals surface area contributed by atoms with Gasteiger partial charge in [-0.15, -0.1) is 0 Å². The number of rotatable bonds is 13. The maximum atomic E-state index is 14.6. The molecular weight excluding hydrogens is 490 g/mol. The Labute approximate surface area is 228 Å². The SMILES string of the molecule is NCCCC[C@@H](C(=O)O)N(C(=O)[C@@H](N)Cc1cnc[nH]1)C(c1ccccc1)(c1ccccc1)c1ccccc1. The van der Waals surface area contributed by atoms with Crippen molar-refractivity contribution in [3.05, 3.63) is 126 Å². The summed E-state index contributed by atoms with van der Waals surface area (Å²) in [7, 11) is 0. The molecule has 3 aromatic carbocycles. The number of aromatic amines is 1. The van der Waals surface area contributed by atoms with Gasteiger partial charge in [-0.1, -0.05) is 91.0 Å². The number of nitrogens with one attached hydrogen (secondary N) is 1. The zero-order valence-electron chi connectivity index (χ0n) is 21.8. The smallest absolute Gasteiger partial charge is 0.326 e. The van der Waals surface area contributed by atoms with Gasteiger partial charge in [0.2, 0.25) is 5.91 Å². The monoisotopic (exact) mass is 525 g/mol. The van der Waals surface area contributed by atoms with Gasteiger partial charge >= 0.3 is 5.97 Å². The number of carboxylic acid groups (broad SMARTS) is 1. The van der Waals surface area contributed by atoms with Gasteiger partial charge in [0.25, 0.3) is 0 Å². The molecule has 0 aliphatic carbocycles. The molecule has 1 aromatic heterocycles. The normalized spacial score (nSPS) is 13.0. The number of nitrogens with two attached hydrogens (primary N) is 2. The predicted octanol–water partition coefficient (Wildman–Crippen LogP) is 3.68. The van der Waals surface area contributed by atoms with Crippen LogP contribution in [0.1, 0.15) is 41.6 Å². The Balaban J connectivity index is 2.02. The molecule has 0 unspecified atom stereocenters. The van der Waals surface area contributed by atoms with Crippen LogP contribution in [-0.2, 0) is 21.5 Å². The molecule has 4 rings (SSSR count). The molecular formula is C31H35N5O3. The van der Waals surface area contributed by atoms with Crippen molar-refractivity contribution in [2.75, 3.05) is 6.54 Å². The molecule has 0 saturated heterocycles. The summed E-state index contributed by atoms with van der Waals surface area (Å²) >= 11 is 0. The zero-order chi connectivity index (χ0) is 27.7. The molecule has 0 bridgehead atoms. The molecule has 0 saturated carbocycles. The van der Waals surface area contributed by atoms with E-state index in [1.807, 2.05) is 91.0 Å². The largest absolute Gasteiger partial charge is 0.480 e. The Morgan fingerprint density at radius 2 is 1.38 bits per heavy atom. The highest BCUT2D eigenvalue weighted by molar-refractivity contribution is 5.89. The number of carboxylic acids is 1. The second kappa shape index (κ2) is 13.0. The van der Waals surface area contributed by atoms with Crippen LogP contribution in [0.5, 0.6) is 0 Å². The lowest BCUT2D eigenvalue weighted by Gasteiger charge is -2.49. The highest BCUT2D eigenvalue weighted by atomic mass is 16.4. The fraction of sp³-hybridized carbons (Fsp3) is 0.258. The molecule has 1 heterocycles. The Morgan fingerprint density at radius 1 is 0.872 bits per heavy atom. The van der Waals surface area contributed by atoms with Gasteiger partial charge in [-0.25, -0.2) is 9.78 Å². The molecule has 6 N–H and O–H groups in total. The summed E-state index contributed by atoms with van der Waals surface area (Å²) in [6.45, 7) is 0.431. The van der Waals surface area contributed by atoms with E-state index >= 15 is 0 Å². The van der Waals surface area contributed by atoms with Crippen molar-refractivity contribution in [3.8, 4) is 0 Å². The van der Waals surface area contributed by atoms with Gasteiger partial charge < -0.3 is 26.5 Å². The van der Waals surface area contributed by atoms with Crippen molar-refractivity contribution in [3.63, 3.8) is 0 Å². The molecule has 39 heavy (non-hydrogen) atoms. The third-order valence-electron chi connectivity index (χ3n) is 7.01. The van der Waals surface area contributed by atoms with Gasteiger partial charge in [0.05, 0.1) is 12.4 Å². The molecule has 0 spiro atoms. The van der Waals surface area contributed by atoms with Gasteiger partial charge in [0.15, 0.2) is 0 Å².